The molecule has 0 saturated carbocycles. The first-order chi connectivity index (χ1) is 28.5. The van der Waals surface area contributed by atoms with Gasteiger partial charge in [-0.3, -0.25) is 0 Å². The van der Waals surface area contributed by atoms with Gasteiger partial charge in [0, 0.05) is 22.5 Å². The van der Waals surface area contributed by atoms with Crippen LogP contribution in [-0.4, -0.2) is 0 Å². The molecule has 286 valence electrons. The molecule has 1 atom stereocenters. The van der Waals surface area contributed by atoms with Crippen LogP contribution >= 0.6 is 0 Å². The number of rotatable bonds is 10. The van der Waals surface area contributed by atoms with E-state index >= 15 is 0 Å². The van der Waals surface area contributed by atoms with Gasteiger partial charge < -0.3 is 4.90 Å². The largest absolute Gasteiger partial charge is 0.311 e. The van der Waals surface area contributed by atoms with Crippen LogP contribution in [0.4, 0.5) is 11.4 Å². The van der Waals surface area contributed by atoms with E-state index in [0.717, 1.165) is 37.1 Å². The number of hydrogen-bond acceptors (Lipinski definition) is 1. The van der Waals surface area contributed by atoms with Gasteiger partial charge in [-0.2, -0.15) is 0 Å². The SMILES string of the molecule is C/C=C\C(=C/CC)N(c1ccc(-c2ccc(C3=CCCC=C3)cc2)cc1)c1ccc(-c2cc(-c3ccc(-c4ccccc4)cc3)c3c(c2)C2(C)CCCC=C2C3)cc1. The summed E-state index contributed by atoms with van der Waals surface area (Å²) >= 11 is 0. The molecule has 3 aliphatic carbocycles. The van der Waals surface area contributed by atoms with E-state index in [1.165, 1.54) is 91.7 Å². The zero-order chi connectivity index (χ0) is 39.5. The molecule has 0 N–H and O–H groups in total. The molecule has 0 radical (unpaired) electrons. The minimum absolute atomic E-state index is 0.101. The van der Waals surface area contributed by atoms with Crippen LogP contribution in [0.1, 0.15) is 76.0 Å². The van der Waals surface area contributed by atoms with Gasteiger partial charge in [-0.1, -0.05) is 159 Å². The molecule has 0 heterocycles. The number of hydrogen-bond donors (Lipinski definition) is 0. The molecule has 58 heavy (non-hydrogen) atoms. The number of nitrogens with zero attached hydrogens (tertiary/aromatic N) is 1. The highest BCUT2D eigenvalue weighted by Crippen LogP contribution is 2.52. The molecule has 1 heteroatoms. The molecule has 0 aliphatic heterocycles. The van der Waals surface area contributed by atoms with Gasteiger partial charge in [-0.05, 0) is 161 Å². The Hall–Kier alpha value is -6.18. The van der Waals surface area contributed by atoms with Crippen molar-refractivity contribution in [1.29, 1.82) is 0 Å². The Labute approximate surface area is 346 Å². The second kappa shape index (κ2) is 16.4. The van der Waals surface area contributed by atoms with Gasteiger partial charge in [0.1, 0.15) is 0 Å². The van der Waals surface area contributed by atoms with Crippen molar-refractivity contribution in [3.8, 4) is 44.5 Å². The van der Waals surface area contributed by atoms with Crippen molar-refractivity contribution >= 4 is 16.9 Å². The molecule has 1 unspecified atom stereocenters. The number of benzene rings is 6. The first kappa shape index (κ1) is 37.4. The third-order valence-electron chi connectivity index (χ3n) is 12.6. The Kier molecular flexibility index (Phi) is 10.5. The van der Waals surface area contributed by atoms with Crippen LogP contribution in [0.25, 0.3) is 50.1 Å². The molecule has 6 aromatic carbocycles. The molecule has 0 aromatic heterocycles. The molecule has 0 spiro atoms. The lowest BCUT2D eigenvalue weighted by Gasteiger charge is -2.31. The van der Waals surface area contributed by atoms with Crippen molar-refractivity contribution in [3.63, 3.8) is 0 Å². The lowest BCUT2D eigenvalue weighted by Crippen LogP contribution is -2.23. The van der Waals surface area contributed by atoms with Crippen LogP contribution in [0, 0.1) is 0 Å². The zero-order valence-corrected chi connectivity index (χ0v) is 34.2. The summed E-state index contributed by atoms with van der Waals surface area (Å²) in [5, 5.41) is 0. The Morgan fingerprint density at radius 1 is 0.621 bits per heavy atom. The Morgan fingerprint density at radius 2 is 1.21 bits per heavy atom. The second-order valence-corrected chi connectivity index (χ2v) is 16.3. The Bertz CT molecular complexity index is 2560. The van der Waals surface area contributed by atoms with Crippen molar-refractivity contribution in [1.82, 2.24) is 0 Å². The highest BCUT2D eigenvalue weighted by atomic mass is 15.1. The lowest BCUT2D eigenvalue weighted by molar-refractivity contribution is 0.477. The van der Waals surface area contributed by atoms with Gasteiger partial charge in [0.05, 0.1) is 0 Å². The van der Waals surface area contributed by atoms with Crippen molar-refractivity contribution in [2.45, 2.75) is 71.1 Å². The number of fused-ring (bicyclic) bond motifs is 3. The molecule has 3 aliphatic rings. The summed E-state index contributed by atoms with van der Waals surface area (Å²) in [4.78, 5) is 2.39. The third kappa shape index (κ3) is 7.27. The van der Waals surface area contributed by atoms with Gasteiger partial charge in [0.2, 0.25) is 0 Å². The van der Waals surface area contributed by atoms with Crippen molar-refractivity contribution in [2.24, 2.45) is 0 Å². The monoisotopic (exact) mass is 751 g/mol. The minimum Gasteiger partial charge on any atom is -0.311 e. The summed E-state index contributed by atoms with van der Waals surface area (Å²) in [6, 6.07) is 52.3. The van der Waals surface area contributed by atoms with Crippen molar-refractivity contribution in [2.75, 3.05) is 4.90 Å². The van der Waals surface area contributed by atoms with Gasteiger partial charge in [0.15, 0.2) is 0 Å². The summed E-state index contributed by atoms with van der Waals surface area (Å²) in [6.45, 7) is 6.81. The van der Waals surface area contributed by atoms with Crippen LogP contribution in [0.15, 0.2) is 193 Å². The molecule has 9 rings (SSSR count). The van der Waals surface area contributed by atoms with E-state index in [1.807, 2.05) is 0 Å². The molecular formula is C57H53N. The Balaban J connectivity index is 1.06. The fourth-order valence-corrected chi connectivity index (χ4v) is 9.48. The Morgan fingerprint density at radius 3 is 1.81 bits per heavy atom. The van der Waals surface area contributed by atoms with E-state index in [-0.39, 0.29) is 5.41 Å². The summed E-state index contributed by atoms with van der Waals surface area (Å²) in [5.74, 6) is 0. The van der Waals surface area contributed by atoms with E-state index in [1.54, 1.807) is 5.57 Å². The van der Waals surface area contributed by atoms with E-state index in [4.69, 9.17) is 0 Å². The maximum absolute atomic E-state index is 2.54. The lowest BCUT2D eigenvalue weighted by atomic mass is 9.72. The summed E-state index contributed by atoms with van der Waals surface area (Å²) in [7, 11) is 0. The summed E-state index contributed by atoms with van der Waals surface area (Å²) < 4.78 is 0. The standard InChI is InChI=1S/C57H53N/c1-4-14-51(15-5-2)58(52-33-29-46(30-34-52)45-23-21-43(22-24-45)41-16-8-6-9-17-41)53-35-31-47(32-36-53)49-38-54(48-27-25-44(26-28-48)42-18-10-7-11-19-42)55-40-50-20-12-13-37-57(50,3)56(55)39-49/h4,7-8,10-11,14-36,38-39H,5-6,9,12-13,37,40H2,1-3H3/b14-4-,51-15+. The molecule has 0 saturated heterocycles. The summed E-state index contributed by atoms with van der Waals surface area (Å²) in [6.07, 6.45) is 24.0. The highest BCUT2D eigenvalue weighted by Gasteiger charge is 2.41. The maximum Gasteiger partial charge on any atom is 0.0461 e. The van der Waals surface area contributed by atoms with Gasteiger partial charge in [0.25, 0.3) is 0 Å². The van der Waals surface area contributed by atoms with Gasteiger partial charge in [-0.15, -0.1) is 0 Å². The van der Waals surface area contributed by atoms with E-state index in [0.29, 0.717) is 0 Å². The van der Waals surface area contributed by atoms with Crippen molar-refractivity contribution in [3.05, 3.63) is 210 Å². The molecule has 6 aromatic rings. The first-order valence-corrected chi connectivity index (χ1v) is 21.4. The first-order valence-electron chi connectivity index (χ1n) is 21.4. The fourth-order valence-electron chi connectivity index (χ4n) is 9.48. The smallest absolute Gasteiger partial charge is 0.0461 e. The average Bonchev–Trinajstić information content (AvgIpc) is 3.59. The average molecular weight is 752 g/mol. The van der Waals surface area contributed by atoms with Gasteiger partial charge in [-0.25, -0.2) is 0 Å². The fraction of sp³-hybridized carbons (Fsp3) is 0.193. The van der Waals surface area contributed by atoms with Crippen LogP contribution in [0.2, 0.25) is 0 Å². The zero-order valence-electron chi connectivity index (χ0n) is 34.2. The molecule has 0 fully saturated rings. The quantitative estimate of drug-likeness (QED) is 0.0995. The summed E-state index contributed by atoms with van der Waals surface area (Å²) in [5.41, 5.74) is 21.0. The van der Waals surface area contributed by atoms with E-state index in [9.17, 15) is 0 Å². The number of allylic oxidation sites excluding steroid dienone is 9. The predicted molar refractivity (Wildman–Crippen MR) is 249 cm³/mol. The van der Waals surface area contributed by atoms with E-state index in [2.05, 4.69) is 208 Å². The maximum atomic E-state index is 2.54. The topological polar surface area (TPSA) is 3.24 Å². The van der Waals surface area contributed by atoms with Crippen molar-refractivity contribution < 1.29 is 0 Å². The third-order valence-corrected chi connectivity index (χ3v) is 12.6. The molecular weight excluding hydrogens is 699 g/mol. The second-order valence-electron chi connectivity index (χ2n) is 16.3. The van der Waals surface area contributed by atoms with Crippen LogP contribution in [-0.2, 0) is 11.8 Å². The molecule has 0 amide bonds. The van der Waals surface area contributed by atoms with Crippen LogP contribution < -0.4 is 4.90 Å². The molecule has 1 nitrogen and oxygen atoms in total. The molecule has 0 bridgehead atoms. The number of anilines is 2. The van der Waals surface area contributed by atoms with Gasteiger partial charge >= 0.3 is 0 Å². The predicted octanol–water partition coefficient (Wildman–Crippen LogP) is 16.0. The van der Waals surface area contributed by atoms with Crippen LogP contribution in [0.3, 0.4) is 0 Å². The van der Waals surface area contributed by atoms with E-state index < -0.39 is 0 Å². The minimum atomic E-state index is 0.101. The normalized spacial score (nSPS) is 17.5. The highest BCUT2D eigenvalue weighted by molar-refractivity contribution is 5.83. The van der Waals surface area contributed by atoms with Crippen LogP contribution in [0.5, 0.6) is 0 Å².